The van der Waals surface area contributed by atoms with Crippen molar-refractivity contribution in [3.05, 3.63) is 41.0 Å². The predicted octanol–water partition coefficient (Wildman–Crippen LogP) is 5.70. The third-order valence-corrected chi connectivity index (χ3v) is 9.97. The molecule has 0 bridgehead atoms. The summed E-state index contributed by atoms with van der Waals surface area (Å²) < 4.78 is 15.0. The van der Waals surface area contributed by atoms with E-state index >= 15 is 4.39 Å². The van der Waals surface area contributed by atoms with E-state index in [9.17, 15) is 15.3 Å². The summed E-state index contributed by atoms with van der Waals surface area (Å²) in [5.41, 5.74) is 2.16. The SMILES string of the molecule is CC(C)=CC(O)C[C@@H](C)[C@H]1CC[C@@]2(C)C3C(O)Cc4cc(O)ccc4[C@]3(CF)CC[C@]12C. The van der Waals surface area contributed by atoms with Crippen LogP contribution in [0.25, 0.3) is 0 Å². The lowest BCUT2D eigenvalue weighted by Gasteiger charge is -2.63. The Kier molecular flexibility index (Phi) is 6.03. The van der Waals surface area contributed by atoms with Gasteiger partial charge in [0.25, 0.3) is 0 Å². The average Bonchev–Trinajstić information content (AvgIpc) is 2.97. The van der Waals surface area contributed by atoms with Gasteiger partial charge in [0.2, 0.25) is 0 Å². The molecule has 4 rings (SSSR count). The Morgan fingerprint density at radius 3 is 2.56 bits per heavy atom. The van der Waals surface area contributed by atoms with Crippen molar-refractivity contribution < 1.29 is 19.7 Å². The fourth-order valence-electron chi connectivity index (χ4n) is 8.52. The third-order valence-electron chi connectivity index (χ3n) is 9.97. The number of halogens is 1. The summed E-state index contributed by atoms with van der Waals surface area (Å²) in [5.74, 6) is 0.838. The number of fused-ring (bicyclic) bond motifs is 5. The van der Waals surface area contributed by atoms with Gasteiger partial charge in [0.05, 0.1) is 18.9 Å². The van der Waals surface area contributed by atoms with Crippen LogP contribution in [0, 0.1) is 28.6 Å². The van der Waals surface area contributed by atoms with E-state index in [4.69, 9.17) is 0 Å². The van der Waals surface area contributed by atoms with Crippen LogP contribution in [0.5, 0.6) is 5.75 Å². The molecule has 8 atom stereocenters. The highest BCUT2D eigenvalue weighted by Crippen LogP contribution is 2.72. The molecule has 3 N–H and O–H groups in total. The molecule has 3 unspecified atom stereocenters. The fourth-order valence-corrected chi connectivity index (χ4v) is 8.52. The second-order valence-corrected chi connectivity index (χ2v) is 11.9. The Morgan fingerprint density at radius 2 is 1.91 bits per heavy atom. The zero-order valence-corrected chi connectivity index (χ0v) is 20.4. The topological polar surface area (TPSA) is 60.7 Å². The Balaban J connectivity index is 1.71. The first kappa shape index (κ1) is 23.8. The molecule has 4 heteroatoms. The number of benzene rings is 1. The molecule has 0 spiro atoms. The van der Waals surface area contributed by atoms with Crippen molar-refractivity contribution >= 4 is 0 Å². The Morgan fingerprint density at radius 1 is 1.19 bits per heavy atom. The van der Waals surface area contributed by atoms with Gasteiger partial charge in [-0.15, -0.1) is 0 Å². The minimum Gasteiger partial charge on any atom is -0.508 e. The molecule has 1 aromatic carbocycles. The fraction of sp³-hybridized carbons (Fsp3) is 0.714. The van der Waals surface area contributed by atoms with Gasteiger partial charge in [-0.2, -0.15) is 0 Å². The molecular formula is C28H41FO3. The second-order valence-electron chi connectivity index (χ2n) is 11.9. The van der Waals surface area contributed by atoms with Gasteiger partial charge in [-0.25, -0.2) is 0 Å². The molecule has 3 aliphatic carbocycles. The van der Waals surface area contributed by atoms with Crippen LogP contribution >= 0.6 is 0 Å². The molecule has 32 heavy (non-hydrogen) atoms. The lowest BCUT2D eigenvalue weighted by Crippen LogP contribution is -2.63. The summed E-state index contributed by atoms with van der Waals surface area (Å²) >= 11 is 0. The van der Waals surface area contributed by atoms with E-state index in [1.54, 1.807) is 12.1 Å². The summed E-state index contributed by atoms with van der Waals surface area (Å²) in [6.45, 7) is 10.5. The summed E-state index contributed by atoms with van der Waals surface area (Å²) in [5, 5.41) is 32.0. The number of rotatable bonds is 5. The number of phenols is 1. The van der Waals surface area contributed by atoms with Crippen molar-refractivity contribution in [1.29, 1.82) is 0 Å². The van der Waals surface area contributed by atoms with Crippen molar-refractivity contribution in [3.63, 3.8) is 0 Å². The van der Waals surface area contributed by atoms with Crippen LogP contribution in [0.15, 0.2) is 29.8 Å². The van der Waals surface area contributed by atoms with Crippen LogP contribution in [-0.4, -0.2) is 34.2 Å². The summed E-state index contributed by atoms with van der Waals surface area (Å²) in [6, 6.07) is 5.29. The Labute approximate surface area is 192 Å². The second kappa shape index (κ2) is 8.13. The highest BCUT2D eigenvalue weighted by atomic mass is 19.1. The summed E-state index contributed by atoms with van der Waals surface area (Å²) in [7, 11) is 0. The van der Waals surface area contributed by atoms with E-state index in [1.165, 1.54) is 0 Å². The monoisotopic (exact) mass is 444 g/mol. The minimum atomic E-state index is -0.686. The van der Waals surface area contributed by atoms with Gasteiger partial charge in [0.15, 0.2) is 0 Å². The molecule has 3 nitrogen and oxygen atoms in total. The highest BCUT2D eigenvalue weighted by molar-refractivity contribution is 5.45. The normalized spacial score (nSPS) is 40.1. The maximum absolute atomic E-state index is 15.0. The molecule has 0 radical (unpaired) electrons. The largest absolute Gasteiger partial charge is 0.508 e. The van der Waals surface area contributed by atoms with Crippen LogP contribution in [0.2, 0.25) is 0 Å². The molecule has 2 fully saturated rings. The standard InChI is InChI=1S/C28H41FO3/c1-17(2)12-21(31)13-18(3)22-8-9-27(5)25-24(32)15-19-14-20(30)6-7-23(19)28(25,16-29)11-10-26(22,27)4/h6-7,12,14,18,21-22,24-25,30-32H,8-11,13,15-16H2,1-5H3/t18-,21?,22-,24?,25?,26-,27+,28-/m1/s1. The van der Waals surface area contributed by atoms with Gasteiger partial charge < -0.3 is 15.3 Å². The summed E-state index contributed by atoms with van der Waals surface area (Å²) in [6.07, 6.45) is 5.79. The Bertz CT molecular complexity index is 893. The number of hydrogen-bond donors (Lipinski definition) is 3. The molecule has 3 aliphatic rings. The molecular weight excluding hydrogens is 403 g/mol. The van der Waals surface area contributed by atoms with Crippen LogP contribution in [-0.2, 0) is 11.8 Å². The van der Waals surface area contributed by atoms with Crippen molar-refractivity contribution in [2.45, 2.75) is 90.8 Å². The molecule has 0 aromatic heterocycles. The number of aromatic hydroxyl groups is 1. The Hall–Kier alpha value is -1.39. The maximum atomic E-state index is 15.0. The van der Waals surface area contributed by atoms with Crippen LogP contribution in [0.4, 0.5) is 4.39 Å². The molecule has 0 heterocycles. The molecule has 0 saturated heterocycles. The van der Waals surface area contributed by atoms with Gasteiger partial charge in [-0.1, -0.05) is 38.5 Å². The lowest BCUT2D eigenvalue weighted by atomic mass is 9.41. The number of aliphatic hydroxyl groups is 2. The first-order valence-corrected chi connectivity index (χ1v) is 12.4. The van der Waals surface area contributed by atoms with Crippen molar-refractivity contribution in [3.8, 4) is 5.75 Å². The van der Waals surface area contributed by atoms with Crippen LogP contribution in [0.3, 0.4) is 0 Å². The number of aliphatic hydroxyl groups excluding tert-OH is 2. The van der Waals surface area contributed by atoms with Crippen molar-refractivity contribution in [2.24, 2.45) is 28.6 Å². The first-order chi connectivity index (χ1) is 15.0. The smallest absolute Gasteiger partial charge is 0.115 e. The summed E-state index contributed by atoms with van der Waals surface area (Å²) in [4.78, 5) is 0. The maximum Gasteiger partial charge on any atom is 0.115 e. The number of allylic oxidation sites excluding steroid dienone is 1. The predicted molar refractivity (Wildman–Crippen MR) is 126 cm³/mol. The molecule has 1 aromatic rings. The van der Waals surface area contributed by atoms with Gasteiger partial charge in [-0.05, 0) is 98.3 Å². The number of hydrogen-bond acceptors (Lipinski definition) is 3. The first-order valence-electron chi connectivity index (χ1n) is 12.4. The molecule has 2 saturated carbocycles. The van der Waals surface area contributed by atoms with E-state index in [-0.39, 0.29) is 22.5 Å². The van der Waals surface area contributed by atoms with E-state index < -0.39 is 24.3 Å². The molecule has 0 aliphatic heterocycles. The van der Waals surface area contributed by atoms with Crippen molar-refractivity contribution in [1.82, 2.24) is 0 Å². The van der Waals surface area contributed by atoms with Crippen LogP contribution in [0.1, 0.15) is 77.8 Å². The quantitative estimate of drug-likeness (QED) is 0.510. The van der Waals surface area contributed by atoms with E-state index in [0.717, 1.165) is 48.8 Å². The minimum absolute atomic E-state index is 0.00412. The third kappa shape index (κ3) is 3.36. The van der Waals surface area contributed by atoms with E-state index in [2.05, 4.69) is 20.8 Å². The zero-order chi connectivity index (χ0) is 23.5. The lowest BCUT2D eigenvalue weighted by molar-refractivity contribution is -0.146. The van der Waals surface area contributed by atoms with Gasteiger partial charge in [-0.3, -0.25) is 4.39 Å². The highest BCUT2D eigenvalue weighted by Gasteiger charge is 2.68. The van der Waals surface area contributed by atoms with E-state index in [1.807, 2.05) is 26.0 Å². The van der Waals surface area contributed by atoms with Gasteiger partial charge in [0.1, 0.15) is 5.75 Å². The van der Waals surface area contributed by atoms with E-state index in [0.29, 0.717) is 18.3 Å². The van der Waals surface area contributed by atoms with Crippen LogP contribution < -0.4 is 0 Å². The average molecular weight is 445 g/mol. The van der Waals surface area contributed by atoms with Gasteiger partial charge >= 0.3 is 0 Å². The molecule has 178 valence electrons. The number of alkyl halides is 1. The number of phenolic OH excluding ortho intramolecular Hbond substituents is 1. The van der Waals surface area contributed by atoms with Crippen molar-refractivity contribution in [2.75, 3.05) is 6.67 Å². The zero-order valence-electron chi connectivity index (χ0n) is 20.4. The molecule has 0 amide bonds. The van der Waals surface area contributed by atoms with Gasteiger partial charge in [0, 0.05) is 11.3 Å².